The molecule has 0 radical (unpaired) electrons. The van der Waals surface area contributed by atoms with Crippen molar-refractivity contribution in [1.29, 1.82) is 0 Å². The summed E-state index contributed by atoms with van der Waals surface area (Å²) in [5, 5.41) is 2.52. The van der Waals surface area contributed by atoms with Crippen LogP contribution >= 0.6 is 23.4 Å². The maximum absolute atomic E-state index is 12.8. The number of furan rings is 1. The van der Waals surface area contributed by atoms with E-state index >= 15 is 0 Å². The van der Waals surface area contributed by atoms with Gasteiger partial charge in [-0.05, 0) is 42.7 Å². The summed E-state index contributed by atoms with van der Waals surface area (Å²) in [7, 11) is 0. The molecule has 2 fully saturated rings. The number of rotatable bonds is 5. The quantitative estimate of drug-likeness (QED) is 0.470. The summed E-state index contributed by atoms with van der Waals surface area (Å²) >= 11 is 7.99. The Morgan fingerprint density at radius 1 is 1.10 bits per heavy atom. The molecule has 0 aliphatic carbocycles. The van der Waals surface area contributed by atoms with Crippen molar-refractivity contribution in [3.8, 4) is 11.3 Å². The van der Waals surface area contributed by atoms with Gasteiger partial charge < -0.3 is 14.2 Å². The molecule has 31 heavy (non-hydrogen) atoms. The Hall–Kier alpha value is -1.95. The molecule has 4 nitrogen and oxygen atoms in total. The number of likely N-dealkylation sites (tertiary alicyclic amines) is 1. The van der Waals surface area contributed by atoms with Gasteiger partial charge in [-0.1, -0.05) is 42.5 Å². The topological polar surface area (TPSA) is 36.7 Å². The molecule has 2 saturated heterocycles. The summed E-state index contributed by atoms with van der Waals surface area (Å²) in [6, 6.07) is 18.7. The van der Waals surface area contributed by atoms with Crippen LogP contribution in [0.15, 0.2) is 59.0 Å². The number of piperidine rings is 1. The molecule has 0 bridgehead atoms. The summed E-state index contributed by atoms with van der Waals surface area (Å²) in [6.45, 7) is 5.43. The molecule has 6 heteroatoms. The van der Waals surface area contributed by atoms with E-state index in [4.69, 9.17) is 16.0 Å². The molecule has 3 heterocycles. The molecular weight excluding hydrogens is 428 g/mol. The lowest BCUT2D eigenvalue weighted by atomic mass is 10.0. The molecule has 2 aliphatic rings. The first-order chi connectivity index (χ1) is 15.0. The van der Waals surface area contributed by atoms with Crippen LogP contribution in [-0.4, -0.2) is 51.3 Å². The van der Waals surface area contributed by atoms with E-state index in [2.05, 4.69) is 52.3 Å². The van der Waals surface area contributed by atoms with Crippen molar-refractivity contribution in [2.45, 2.75) is 36.6 Å². The molecule has 5 rings (SSSR count). The lowest BCUT2D eigenvalue weighted by Crippen LogP contribution is -2.52. The van der Waals surface area contributed by atoms with Crippen LogP contribution in [0.25, 0.3) is 22.1 Å². The molecule has 0 saturated carbocycles. The number of halogens is 1. The number of amides is 1. The molecule has 1 aromatic heterocycles. The minimum atomic E-state index is -0.116. The monoisotopic (exact) mass is 454 g/mol. The Balaban J connectivity index is 1.35. The summed E-state index contributed by atoms with van der Waals surface area (Å²) in [4.78, 5) is 17.1. The lowest BCUT2D eigenvalue weighted by molar-refractivity contribution is -0.132. The van der Waals surface area contributed by atoms with Gasteiger partial charge in [-0.25, -0.2) is 0 Å². The molecule has 1 unspecified atom stereocenters. The van der Waals surface area contributed by atoms with Crippen LogP contribution in [0.5, 0.6) is 0 Å². The van der Waals surface area contributed by atoms with Gasteiger partial charge in [0.1, 0.15) is 11.5 Å². The van der Waals surface area contributed by atoms with E-state index in [-0.39, 0.29) is 16.2 Å². The average molecular weight is 455 g/mol. The van der Waals surface area contributed by atoms with Crippen LogP contribution in [0.3, 0.4) is 0 Å². The minimum absolute atomic E-state index is 0.116. The first kappa shape index (κ1) is 20.9. The highest BCUT2D eigenvalue weighted by Crippen LogP contribution is 2.45. The standard InChI is InChI=1S/C25H27ClN2O2S/c1-18(26)15-27-13-11-25(12-14-27)28(24(29)17-31-25)16-20-9-10-23(30-20)22-8-4-6-19-5-2-3-7-21(19)22/h2-10,18H,11-17H2,1H3. The van der Waals surface area contributed by atoms with Gasteiger partial charge in [0.15, 0.2) is 0 Å². The zero-order valence-corrected chi connectivity index (χ0v) is 19.3. The maximum Gasteiger partial charge on any atom is 0.234 e. The third-order valence-electron chi connectivity index (χ3n) is 6.44. The normalized spacial score (nSPS) is 20.1. The van der Waals surface area contributed by atoms with E-state index < -0.39 is 0 Å². The molecule has 1 spiro atoms. The van der Waals surface area contributed by atoms with Gasteiger partial charge in [-0.2, -0.15) is 0 Å². The SMILES string of the molecule is CC(Cl)CN1CCC2(CC1)SCC(=O)N2Cc1ccc(-c2cccc3ccccc23)o1. The van der Waals surface area contributed by atoms with Gasteiger partial charge in [0.25, 0.3) is 0 Å². The fourth-order valence-electron chi connectivity index (χ4n) is 4.87. The second-order valence-electron chi connectivity index (χ2n) is 8.59. The number of thioether (sulfide) groups is 1. The van der Waals surface area contributed by atoms with Crippen molar-refractivity contribution in [1.82, 2.24) is 9.80 Å². The summed E-state index contributed by atoms with van der Waals surface area (Å²) in [5.41, 5.74) is 1.09. The summed E-state index contributed by atoms with van der Waals surface area (Å²) in [6.07, 6.45) is 1.95. The highest BCUT2D eigenvalue weighted by atomic mass is 35.5. The second kappa shape index (κ2) is 8.53. The van der Waals surface area contributed by atoms with Gasteiger partial charge in [-0.3, -0.25) is 4.79 Å². The van der Waals surface area contributed by atoms with Crippen molar-refractivity contribution in [2.75, 3.05) is 25.4 Å². The fraction of sp³-hybridized carbons (Fsp3) is 0.400. The third-order valence-corrected chi connectivity index (χ3v) is 8.13. The largest absolute Gasteiger partial charge is 0.459 e. The fourth-order valence-corrected chi connectivity index (χ4v) is 6.41. The van der Waals surface area contributed by atoms with Gasteiger partial charge in [0, 0.05) is 30.6 Å². The molecular formula is C25H27ClN2O2S. The van der Waals surface area contributed by atoms with Crippen molar-refractivity contribution >= 4 is 40.0 Å². The van der Waals surface area contributed by atoms with Crippen molar-refractivity contribution in [3.63, 3.8) is 0 Å². The van der Waals surface area contributed by atoms with Crippen LogP contribution in [0.2, 0.25) is 0 Å². The van der Waals surface area contributed by atoms with Gasteiger partial charge in [0.2, 0.25) is 5.91 Å². The first-order valence-corrected chi connectivity index (χ1v) is 12.3. The zero-order valence-electron chi connectivity index (χ0n) is 17.7. The maximum atomic E-state index is 12.8. The zero-order chi connectivity index (χ0) is 21.4. The molecule has 1 atom stereocenters. The Bertz CT molecular complexity index is 1080. The molecule has 2 aromatic carbocycles. The number of hydrogen-bond donors (Lipinski definition) is 0. The van der Waals surface area contributed by atoms with Crippen molar-refractivity contribution in [3.05, 3.63) is 60.4 Å². The number of carbonyl (C=O) groups is 1. The van der Waals surface area contributed by atoms with Crippen molar-refractivity contribution in [2.24, 2.45) is 0 Å². The number of alkyl halides is 1. The Kier molecular flexibility index (Phi) is 5.76. The Morgan fingerprint density at radius 3 is 2.68 bits per heavy atom. The molecule has 3 aromatic rings. The minimum Gasteiger partial charge on any atom is -0.459 e. The molecule has 0 N–H and O–H groups in total. The molecule has 2 aliphatic heterocycles. The Labute approximate surface area is 192 Å². The van der Waals surface area contributed by atoms with Gasteiger partial charge in [-0.15, -0.1) is 23.4 Å². The molecule has 162 valence electrons. The van der Waals surface area contributed by atoms with Gasteiger partial charge >= 0.3 is 0 Å². The number of benzene rings is 2. The Morgan fingerprint density at radius 2 is 1.87 bits per heavy atom. The summed E-state index contributed by atoms with van der Waals surface area (Å²) < 4.78 is 6.26. The predicted octanol–water partition coefficient (Wildman–Crippen LogP) is 5.59. The van der Waals surface area contributed by atoms with E-state index in [1.54, 1.807) is 11.8 Å². The van der Waals surface area contributed by atoms with Crippen LogP contribution in [-0.2, 0) is 11.3 Å². The number of hydrogen-bond acceptors (Lipinski definition) is 4. The van der Waals surface area contributed by atoms with Crippen LogP contribution in [0.1, 0.15) is 25.5 Å². The van der Waals surface area contributed by atoms with Crippen LogP contribution in [0, 0.1) is 0 Å². The van der Waals surface area contributed by atoms with E-state index in [1.807, 2.05) is 19.1 Å². The van der Waals surface area contributed by atoms with E-state index in [9.17, 15) is 4.79 Å². The van der Waals surface area contributed by atoms with Crippen LogP contribution < -0.4 is 0 Å². The highest BCUT2D eigenvalue weighted by Gasteiger charge is 2.48. The average Bonchev–Trinajstić information content (AvgIpc) is 3.36. The highest BCUT2D eigenvalue weighted by molar-refractivity contribution is 8.01. The second-order valence-corrected chi connectivity index (χ2v) is 10.7. The predicted molar refractivity (Wildman–Crippen MR) is 128 cm³/mol. The lowest BCUT2D eigenvalue weighted by Gasteiger charge is -2.44. The third kappa shape index (κ3) is 4.11. The van der Waals surface area contributed by atoms with E-state index in [1.165, 1.54) is 10.8 Å². The number of nitrogens with zero attached hydrogens (tertiary/aromatic N) is 2. The number of fused-ring (bicyclic) bond motifs is 1. The smallest absolute Gasteiger partial charge is 0.234 e. The van der Waals surface area contributed by atoms with Gasteiger partial charge in [0.05, 0.1) is 17.2 Å². The van der Waals surface area contributed by atoms with E-state index in [0.29, 0.717) is 12.3 Å². The molecule has 1 amide bonds. The van der Waals surface area contributed by atoms with Crippen molar-refractivity contribution < 1.29 is 9.21 Å². The van der Waals surface area contributed by atoms with Crippen LogP contribution in [0.4, 0.5) is 0 Å². The van der Waals surface area contributed by atoms with E-state index in [0.717, 1.165) is 49.6 Å². The first-order valence-electron chi connectivity index (χ1n) is 10.9. The number of carbonyl (C=O) groups excluding carboxylic acids is 1. The summed E-state index contributed by atoms with van der Waals surface area (Å²) in [5.74, 6) is 2.47.